The molecule has 0 saturated heterocycles. The quantitative estimate of drug-likeness (QED) is 0.724. The molecule has 0 atom stereocenters. The fourth-order valence-corrected chi connectivity index (χ4v) is 3.03. The number of carbonyl (C=O) groups is 1. The molecule has 1 fully saturated rings. The van der Waals surface area contributed by atoms with Crippen LogP contribution >= 0.6 is 11.3 Å². The molecule has 2 aromatic heterocycles. The molecule has 1 amide bonds. The van der Waals surface area contributed by atoms with Crippen molar-refractivity contribution in [1.29, 1.82) is 0 Å². The van der Waals surface area contributed by atoms with Gasteiger partial charge in [-0.2, -0.15) is 0 Å². The van der Waals surface area contributed by atoms with Crippen molar-refractivity contribution < 1.29 is 4.79 Å². The van der Waals surface area contributed by atoms with Crippen molar-refractivity contribution in [2.24, 2.45) is 0 Å². The Labute approximate surface area is 142 Å². The van der Waals surface area contributed by atoms with Gasteiger partial charge in [0, 0.05) is 22.2 Å². The van der Waals surface area contributed by atoms with Crippen LogP contribution in [0.1, 0.15) is 23.8 Å². The summed E-state index contributed by atoms with van der Waals surface area (Å²) in [5.74, 6) is 0.574. The molecule has 0 aliphatic heterocycles. The van der Waals surface area contributed by atoms with E-state index in [-0.39, 0.29) is 5.91 Å². The normalized spacial score (nSPS) is 14.2. The van der Waals surface area contributed by atoms with Crippen LogP contribution in [0.4, 0.5) is 5.69 Å². The Bertz CT molecular complexity index is 880. The van der Waals surface area contributed by atoms with Crippen LogP contribution < -0.4 is 5.32 Å². The number of aromatic nitrogens is 4. The van der Waals surface area contributed by atoms with Crippen LogP contribution in [0.25, 0.3) is 17.5 Å². The lowest BCUT2D eigenvalue weighted by atomic mass is 10.2. The van der Waals surface area contributed by atoms with Gasteiger partial charge in [-0.15, -0.1) is 16.4 Å². The van der Waals surface area contributed by atoms with E-state index < -0.39 is 0 Å². The van der Waals surface area contributed by atoms with E-state index in [1.807, 2.05) is 46.5 Å². The minimum absolute atomic E-state index is 0.165. The summed E-state index contributed by atoms with van der Waals surface area (Å²) in [6.07, 6.45) is 5.56. The fourth-order valence-electron chi connectivity index (χ4n) is 2.41. The first-order chi connectivity index (χ1) is 11.8. The summed E-state index contributed by atoms with van der Waals surface area (Å²) in [6, 6.07) is 11.9. The Balaban J connectivity index is 1.50. The maximum atomic E-state index is 12.1. The van der Waals surface area contributed by atoms with Crippen molar-refractivity contribution in [3.63, 3.8) is 0 Å². The molecular weight excluding hydrogens is 322 g/mol. The third-order valence-corrected chi connectivity index (χ3v) is 4.55. The van der Waals surface area contributed by atoms with E-state index in [1.165, 1.54) is 6.08 Å². The fraction of sp³-hybridized carbons (Fsp3) is 0.176. The molecule has 0 radical (unpaired) electrons. The third kappa shape index (κ3) is 3.26. The lowest BCUT2D eigenvalue weighted by Crippen LogP contribution is -2.08. The number of hydrogen-bond donors (Lipinski definition) is 1. The number of nitrogens with one attached hydrogen (secondary N) is 1. The van der Waals surface area contributed by atoms with Crippen LogP contribution in [0.15, 0.2) is 47.9 Å². The molecule has 7 heteroatoms. The van der Waals surface area contributed by atoms with Gasteiger partial charge >= 0.3 is 0 Å². The average molecular weight is 337 g/mol. The zero-order valence-corrected chi connectivity index (χ0v) is 13.6. The molecule has 1 aliphatic carbocycles. The van der Waals surface area contributed by atoms with Gasteiger partial charge in [0.2, 0.25) is 5.91 Å². The molecule has 1 N–H and O–H groups in total. The number of amides is 1. The minimum atomic E-state index is -0.165. The zero-order valence-electron chi connectivity index (χ0n) is 12.8. The van der Waals surface area contributed by atoms with Crippen LogP contribution in [0.3, 0.4) is 0 Å². The molecule has 2 heterocycles. The SMILES string of the molecule is O=C(/C=C/c1cccs1)Nc1cccc(-c2nnnn2C2CC2)c1. The van der Waals surface area contributed by atoms with E-state index in [0.717, 1.165) is 34.8 Å². The Hall–Kier alpha value is -2.80. The monoisotopic (exact) mass is 337 g/mol. The van der Waals surface area contributed by atoms with Gasteiger partial charge in [0.15, 0.2) is 5.82 Å². The van der Waals surface area contributed by atoms with Gasteiger partial charge in [-0.1, -0.05) is 18.2 Å². The second-order valence-electron chi connectivity index (χ2n) is 5.60. The predicted octanol–water partition coefficient (Wildman–Crippen LogP) is 3.39. The third-order valence-electron chi connectivity index (χ3n) is 3.72. The lowest BCUT2D eigenvalue weighted by molar-refractivity contribution is -0.111. The standard InChI is InChI=1S/C17H15N5OS/c23-16(9-8-15-5-2-10-24-15)18-13-4-1-3-12(11-13)17-19-20-21-22(17)14-6-7-14/h1-5,8-11,14H,6-7H2,(H,18,23)/b9-8+. The van der Waals surface area contributed by atoms with Gasteiger partial charge in [0.25, 0.3) is 0 Å². The topological polar surface area (TPSA) is 72.7 Å². The molecule has 0 unspecified atom stereocenters. The smallest absolute Gasteiger partial charge is 0.248 e. The van der Waals surface area contributed by atoms with Crippen LogP contribution in [0, 0.1) is 0 Å². The van der Waals surface area contributed by atoms with Crippen molar-refractivity contribution in [1.82, 2.24) is 20.2 Å². The summed E-state index contributed by atoms with van der Waals surface area (Å²) in [5.41, 5.74) is 1.62. The summed E-state index contributed by atoms with van der Waals surface area (Å²) in [6.45, 7) is 0. The number of carbonyl (C=O) groups excluding carboxylic acids is 1. The first-order valence-electron chi connectivity index (χ1n) is 7.70. The molecule has 1 aromatic carbocycles. The lowest BCUT2D eigenvalue weighted by Gasteiger charge is -2.06. The maximum Gasteiger partial charge on any atom is 0.248 e. The molecule has 120 valence electrons. The number of nitrogens with zero attached hydrogens (tertiary/aromatic N) is 4. The summed E-state index contributed by atoms with van der Waals surface area (Å²) in [7, 11) is 0. The second kappa shape index (κ2) is 6.37. The van der Waals surface area contributed by atoms with Crippen LogP contribution in [-0.2, 0) is 4.79 Å². The van der Waals surface area contributed by atoms with Gasteiger partial charge in [-0.3, -0.25) is 4.79 Å². The first-order valence-corrected chi connectivity index (χ1v) is 8.58. The zero-order chi connectivity index (χ0) is 16.4. The molecule has 3 aromatic rings. The highest BCUT2D eigenvalue weighted by molar-refractivity contribution is 7.10. The molecule has 6 nitrogen and oxygen atoms in total. The molecule has 4 rings (SSSR count). The minimum Gasteiger partial charge on any atom is -0.322 e. The number of anilines is 1. The van der Waals surface area contributed by atoms with Crippen LogP contribution in [0.2, 0.25) is 0 Å². The van der Waals surface area contributed by atoms with Crippen LogP contribution in [0.5, 0.6) is 0 Å². The Morgan fingerprint density at radius 3 is 3.00 bits per heavy atom. The van der Waals surface area contributed by atoms with E-state index in [1.54, 1.807) is 17.4 Å². The molecule has 0 bridgehead atoms. The highest BCUT2D eigenvalue weighted by atomic mass is 32.1. The molecule has 1 saturated carbocycles. The number of hydrogen-bond acceptors (Lipinski definition) is 5. The van der Waals surface area contributed by atoms with Crippen molar-refractivity contribution in [3.8, 4) is 11.4 Å². The van der Waals surface area contributed by atoms with Gasteiger partial charge in [0.05, 0.1) is 6.04 Å². The van der Waals surface area contributed by atoms with Gasteiger partial charge < -0.3 is 5.32 Å². The largest absolute Gasteiger partial charge is 0.322 e. The predicted molar refractivity (Wildman–Crippen MR) is 93.5 cm³/mol. The Kier molecular flexibility index (Phi) is 3.92. The molecular formula is C17H15N5OS. The van der Waals surface area contributed by atoms with Crippen molar-refractivity contribution in [2.75, 3.05) is 5.32 Å². The number of benzene rings is 1. The summed E-state index contributed by atoms with van der Waals surface area (Å²) in [4.78, 5) is 13.1. The van der Waals surface area contributed by atoms with Crippen molar-refractivity contribution in [3.05, 3.63) is 52.7 Å². The highest BCUT2D eigenvalue weighted by Gasteiger charge is 2.28. The van der Waals surface area contributed by atoms with Gasteiger partial charge in [-0.05, 0) is 52.9 Å². The van der Waals surface area contributed by atoms with E-state index in [4.69, 9.17) is 0 Å². The van der Waals surface area contributed by atoms with E-state index in [2.05, 4.69) is 20.8 Å². The average Bonchev–Trinajstić information content (AvgIpc) is 3.11. The van der Waals surface area contributed by atoms with E-state index >= 15 is 0 Å². The Morgan fingerprint density at radius 1 is 1.29 bits per heavy atom. The molecule has 0 spiro atoms. The van der Waals surface area contributed by atoms with E-state index in [9.17, 15) is 4.79 Å². The van der Waals surface area contributed by atoms with Gasteiger partial charge in [0.1, 0.15) is 0 Å². The van der Waals surface area contributed by atoms with Gasteiger partial charge in [-0.25, -0.2) is 4.68 Å². The Morgan fingerprint density at radius 2 is 2.21 bits per heavy atom. The maximum absolute atomic E-state index is 12.1. The summed E-state index contributed by atoms with van der Waals surface area (Å²) >= 11 is 1.59. The molecule has 1 aliphatic rings. The van der Waals surface area contributed by atoms with E-state index in [0.29, 0.717) is 6.04 Å². The summed E-state index contributed by atoms with van der Waals surface area (Å²) in [5, 5.41) is 16.8. The van der Waals surface area contributed by atoms with Crippen LogP contribution in [-0.4, -0.2) is 26.1 Å². The second-order valence-corrected chi connectivity index (χ2v) is 6.58. The van der Waals surface area contributed by atoms with Crippen molar-refractivity contribution >= 4 is 29.0 Å². The number of tetrazole rings is 1. The number of rotatable bonds is 5. The molecule has 24 heavy (non-hydrogen) atoms. The number of thiophene rings is 1. The highest BCUT2D eigenvalue weighted by Crippen LogP contribution is 2.36. The summed E-state index contributed by atoms with van der Waals surface area (Å²) < 4.78 is 1.86. The first kappa shape index (κ1) is 14.8. The van der Waals surface area contributed by atoms with Crippen molar-refractivity contribution in [2.45, 2.75) is 18.9 Å².